The minimum absolute atomic E-state index is 0.110. The van der Waals surface area contributed by atoms with Crippen LogP contribution in [0, 0.1) is 0 Å². The molecule has 0 radical (unpaired) electrons. The predicted molar refractivity (Wildman–Crippen MR) is 107 cm³/mol. The minimum atomic E-state index is -0.516. The van der Waals surface area contributed by atoms with Gasteiger partial charge in [0.25, 0.3) is 5.56 Å². The first-order valence-corrected chi connectivity index (χ1v) is 9.65. The van der Waals surface area contributed by atoms with Crippen LogP contribution in [0.4, 0.5) is 0 Å². The van der Waals surface area contributed by atoms with Crippen LogP contribution in [0.15, 0.2) is 41.5 Å². The fourth-order valence-corrected chi connectivity index (χ4v) is 3.97. The number of hydrogen-bond acceptors (Lipinski definition) is 6. The van der Waals surface area contributed by atoms with Crippen molar-refractivity contribution in [1.29, 1.82) is 0 Å². The van der Waals surface area contributed by atoms with Crippen molar-refractivity contribution in [2.45, 2.75) is 25.4 Å². The van der Waals surface area contributed by atoms with Crippen molar-refractivity contribution in [1.82, 2.24) is 19.7 Å². The normalized spacial score (nSPS) is 15.5. The van der Waals surface area contributed by atoms with Crippen LogP contribution in [0.25, 0.3) is 11.3 Å². The molecule has 8 heteroatoms. The van der Waals surface area contributed by atoms with Gasteiger partial charge in [0.05, 0.1) is 25.8 Å². The van der Waals surface area contributed by atoms with E-state index in [4.69, 9.17) is 9.47 Å². The van der Waals surface area contributed by atoms with E-state index in [1.807, 2.05) is 16.7 Å². The molecule has 29 heavy (non-hydrogen) atoms. The van der Waals surface area contributed by atoms with Crippen LogP contribution in [-0.4, -0.2) is 52.9 Å². The van der Waals surface area contributed by atoms with Gasteiger partial charge in [-0.3, -0.25) is 9.69 Å². The lowest BCUT2D eigenvalue weighted by Gasteiger charge is -2.29. The monoisotopic (exact) mass is 396 g/mol. The fraction of sp³-hybridized carbons (Fsp3) is 0.381. The van der Waals surface area contributed by atoms with Crippen molar-refractivity contribution in [3.05, 3.63) is 58.1 Å². The molecule has 1 N–H and O–H groups in total. The Kier molecular flexibility index (Phi) is 5.35. The molecule has 0 unspecified atom stereocenters. The van der Waals surface area contributed by atoms with Gasteiger partial charge in [0.15, 0.2) is 0 Å². The first-order valence-electron chi connectivity index (χ1n) is 9.65. The third kappa shape index (κ3) is 3.75. The molecular weight excluding hydrogens is 372 g/mol. The number of aromatic amines is 1. The number of carbonyl (C=O) groups excluding carboxylic acids is 1. The van der Waals surface area contributed by atoms with E-state index in [1.165, 1.54) is 7.11 Å². The number of hydrogen-bond donors (Lipinski definition) is 1. The van der Waals surface area contributed by atoms with Gasteiger partial charge >= 0.3 is 5.97 Å². The van der Waals surface area contributed by atoms with Crippen LogP contribution in [0.5, 0.6) is 5.75 Å². The van der Waals surface area contributed by atoms with E-state index in [-0.39, 0.29) is 17.2 Å². The largest absolute Gasteiger partial charge is 0.497 e. The van der Waals surface area contributed by atoms with Gasteiger partial charge in [0.1, 0.15) is 17.0 Å². The second-order valence-corrected chi connectivity index (χ2v) is 7.21. The Morgan fingerprint density at radius 1 is 1.17 bits per heavy atom. The predicted octanol–water partition coefficient (Wildman–Crippen LogP) is 2.31. The topological polar surface area (TPSA) is 89.5 Å². The summed E-state index contributed by atoms with van der Waals surface area (Å²) in [5.74, 6) is 0.295. The summed E-state index contributed by atoms with van der Waals surface area (Å²) in [7, 11) is 2.97. The van der Waals surface area contributed by atoms with Crippen molar-refractivity contribution >= 4 is 5.97 Å². The Morgan fingerprint density at radius 2 is 1.90 bits per heavy atom. The number of carbonyl (C=O) groups is 1. The number of ether oxygens (including phenoxy) is 2. The number of likely N-dealkylation sites (tertiary alicyclic amines) is 1. The fourth-order valence-electron chi connectivity index (χ4n) is 3.97. The molecule has 0 spiro atoms. The standard InChI is InChI=1S/C21H24N4O4/c1-28-15-7-5-14(6-8-15)18(25-9-3-4-10-25)13-24-11-16-19(22-23-20(16)26)17(12-24)21(27)29-2/h5-8,11-12,18H,3-4,9-10,13H2,1-2H3,(H,23,26)/t18-/m1/s1. The average Bonchev–Trinajstić information content (AvgIpc) is 3.41. The van der Waals surface area contributed by atoms with Crippen molar-refractivity contribution < 1.29 is 14.3 Å². The van der Waals surface area contributed by atoms with Crippen LogP contribution in [0.1, 0.15) is 34.8 Å². The van der Waals surface area contributed by atoms with E-state index < -0.39 is 5.97 Å². The van der Waals surface area contributed by atoms with Gasteiger partial charge in [-0.2, -0.15) is 5.10 Å². The summed E-state index contributed by atoms with van der Waals surface area (Å²) in [5, 5.41) is 6.41. The zero-order chi connectivity index (χ0) is 20.4. The lowest BCUT2D eigenvalue weighted by atomic mass is 10.0. The average molecular weight is 396 g/mol. The van der Waals surface area contributed by atoms with Crippen LogP contribution >= 0.6 is 0 Å². The Labute approximate surface area is 168 Å². The van der Waals surface area contributed by atoms with Crippen LogP contribution in [-0.2, 0) is 11.3 Å². The highest BCUT2D eigenvalue weighted by Gasteiger charge is 2.26. The van der Waals surface area contributed by atoms with Gasteiger partial charge in [-0.25, -0.2) is 9.89 Å². The number of aromatic nitrogens is 3. The summed E-state index contributed by atoms with van der Waals surface area (Å²) in [6.45, 7) is 2.63. The molecule has 1 aromatic carbocycles. The van der Waals surface area contributed by atoms with E-state index in [0.717, 1.165) is 37.2 Å². The highest BCUT2D eigenvalue weighted by atomic mass is 16.5. The zero-order valence-corrected chi connectivity index (χ0v) is 16.6. The molecule has 1 atom stereocenters. The highest BCUT2D eigenvalue weighted by molar-refractivity contribution is 5.95. The molecule has 1 aromatic rings. The number of benzene rings is 1. The minimum Gasteiger partial charge on any atom is -0.497 e. The van der Waals surface area contributed by atoms with E-state index in [1.54, 1.807) is 19.5 Å². The van der Waals surface area contributed by atoms with Gasteiger partial charge in [0, 0.05) is 18.9 Å². The number of nitrogens with zero attached hydrogens (tertiary/aromatic N) is 3. The maximum Gasteiger partial charge on any atom is 0.341 e. The molecule has 1 fully saturated rings. The van der Waals surface area contributed by atoms with Crippen molar-refractivity contribution in [3.63, 3.8) is 0 Å². The maximum absolute atomic E-state index is 12.3. The summed E-state index contributed by atoms with van der Waals surface area (Å²) in [4.78, 5) is 26.9. The third-order valence-corrected chi connectivity index (χ3v) is 5.49. The SMILES string of the molecule is COC(=O)c1cn(C[C@H](c2ccc(OC)cc2)N2CCCC2)cc2c(=O)[nH]nc1-2. The van der Waals surface area contributed by atoms with Crippen LogP contribution < -0.4 is 10.3 Å². The van der Waals surface area contributed by atoms with E-state index >= 15 is 0 Å². The highest BCUT2D eigenvalue weighted by Crippen LogP contribution is 2.29. The molecule has 0 saturated carbocycles. The van der Waals surface area contributed by atoms with E-state index in [9.17, 15) is 9.59 Å². The molecular formula is C21H24N4O4. The Morgan fingerprint density at radius 3 is 2.55 bits per heavy atom. The van der Waals surface area contributed by atoms with Gasteiger partial charge in [0.2, 0.25) is 0 Å². The molecule has 0 aromatic heterocycles. The van der Waals surface area contributed by atoms with Gasteiger partial charge in [-0.1, -0.05) is 12.1 Å². The Bertz CT molecular complexity index is 1020. The first kappa shape index (κ1) is 19.2. The van der Waals surface area contributed by atoms with Gasteiger partial charge < -0.3 is 14.0 Å². The molecule has 8 nitrogen and oxygen atoms in total. The number of pyridine rings is 1. The molecule has 3 aliphatic rings. The first-order chi connectivity index (χ1) is 14.1. The van der Waals surface area contributed by atoms with Gasteiger partial charge in [-0.05, 0) is 43.6 Å². The lowest BCUT2D eigenvalue weighted by molar-refractivity contribution is 0.0600. The lowest BCUT2D eigenvalue weighted by Crippen LogP contribution is -2.29. The number of nitrogens with one attached hydrogen (secondary N) is 1. The Balaban J connectivity index is 1.74. The van der Waals surface area contributed by atoms with Gasteiger partial charge in [-0.15, -0.1) is 0 Å². The maximum atomic E-state index is 12.3. The van der Waals surface area contributed by atoms with E-state index in [2.05, 4.69) is 27.2 Å². The van der Waals surface area contributed by atoms with Crippen LogP contribution in [0.2, 0.25) is 0 Å². The second-order valence-electron chi connectivity index (χ2n) is 7.21. The number of esters is 1. The third-order valence-electron chi connectivity index (χ3n) is 5.49. The van der Waals surface area contributed by atoms with E-state index in [0.29, 0.717) is 17.8 Å². The zero-order valence-electron chi connectivity index (χ0n) is 16.6. The van der Waals surface area contributed by atoms with Crippen molar-refractivity contribution in [2.75, 3.05) is 27.3 Å². The van der Waals surface area contributed by atoms with Crippen LogP contribution in [0.3, 0.4) is 0 Å². The molecule has 4 rings (SSSR count). The summed E-state index contributed by atoms with van der Waals surface area (Å²) < 4.78 is 12.1. The summed E-state index contributed by atoms with van der Waals surface area (Å²) in [6, 6.07) is 8.16. The number of rotatable bonds is 6. The molecule has 3 heterocycles. The Hall–Kier alpha value is -3.13. The molecule has 1 saturated heterocycles. The summed E-state index contributed by atoms with van der Waals surface area (Å²) in [5.41, 5.74) is 1.83. The molecule has 0 bridgehead atoms. The molecule has 3 aliphatic heterocycles. The quantitative estimate of drug-likeness (QED) is 0.643. The van der Waals surface area contributed by atoms with Crippen molar-refractivity contribution in [2.24, 2.45) is 0 Å². The van der Waals surface area contributed by atoms with Crippen molar-refractivity contribution in [3.8, 4) is 17.0 Å². The smallest absolute Gasteiger partial charge is 0.341 e. The number of fused-ring (bicyclic) bond motifs is 1. The molecule has 152 valence electrons. The molecule has 0 amide bonds. The molecule has 0 aliphatic carbocycles. The summed E-state index contributed by atoms with van der Waals surface area (Å²) >= 11 is 0. The second kappa shape index (κ2) is 8.08. The number of H-pyrrole nitrogens is 1. The summed E-state index contributed by atoms with van der Waals surface area (Å²) in [6.07, 6.45) is 5.79. The number of methoxy groups -OCH3 is 2.